The summed E-state index contributed by atoms with van der Waals surface area (Å²) >= 11 is 4.60. The van der Waals surface area contributed by atoms with E-state index in [4.69, 9.17) is 0 Å². The Labute approximate surface area is 74.7 Å². The Morgan fingerprint density at radius 1 is 1.18 bits per heavy atom. The van der Waals surface area contributed by atoms with Gasteiger partial charge >= 0.3 is 0 Å². The zero-order valence-corrected chi connectivity index (χ0v) is 8.94. The predicted molar refractivity (Wildman–Crippen MR) is 56.6 cm³/mol. The fraction of sp³-hybridized carbons (Fsp3) is 0.333. The lowest BCUT2D eigenvalue weighted by Gasteiger charge is -2.13. The van der Waals surface area contributed by atoms with Gasteiger partial charge in [0.2, 0.25) is 0 Å². The first-order valence-corrected chi connectivity index (χ1v) is 8.34. The highest BCUT2D eigenvalue weighted by atomic mass is 32.3. The van der Waals surface area contributed by atoms with Gasteiger partial charge in [0.25, 0.3) is 0 Å². The van der Waals surface area contributed by atoms with Crippen LogP contribution in [0.5, 0.6) is 0 Å². The van der Waals surface area contributed by atoms with Gasteiger partial charge in [-0.25, -0.2) is 12.1 Å². The third-order valence-corrected chi connectivity index (χ3v) is 3.23. The molecule has 0 aliphatic carbocycles. The molecular weight excluding hydrogens is 168 g/mol. The zero-order chi connectivity index (χ0) is 8.32. The van der Waals surface area contributed by atoms with Crippen LogP contribution in [0.25, 0.3) is 0 Å². The first kappa shape index (κ1) is 8.88. The molecule has 1 aromatic rings. The van der Waals surface area contributed by atoms with Crippen LogP contribution >= 0.6 is 12.1 Å². The SMILES string of the molecule is C[Si](C)(S)Cc1ccccc1. The maximum atomic E-state index is 4.60. The van der Waals surface area contributed by atoms with Crippen molar-refractivity contribution in [1.29, 1.82) is 0 Å². The van der Waals surface area contributed by atoms with Crippen molar-refractivity contribution in [3.05, 3.63) is 35.9 Å². The summed E-state index contributed by atoms with van der Waals surface area (Å²) in [6.45, 7) is 4.53. The lowest BCUT2D eigenvalue weighted by atomic mass is 10.2. The molecule has 0 saturated carbocycles. The molecule has 11 heavy (non-hydrogen) atoms. The average Bonchev–Trinajstić information content (AvgIpc) is 1.85. The van der Waals surface area contributed by atoms with Crippen LogP contribution in [-0.2, 0) is 6.04 Å². The Morgan fingerprint density at radius 2 is 1.73 bits per heavy atom. The molecule has 0 N–H and O–H groups in total. The second kappa shape index (κ2) is 3.46. The molecule has 0 bridgehead atoms. The standard InChI is InChI=1S/C9H14SSi/c1-11(2,10)8-9-6-4-3-5-7-9/h3-7,10H,8H2,1-2H3. The van der Waals surface area contributed by atoms with Gasteiger partial charge in [-0.1, -0.05) is 43.4 Å². The molecule has 1 rings (SSSR count). The van der Waals surface area contributed by atoms with Crippen molar-refractivity contribution >= 4 is 19.3 Å². The molecule has 2 heteroatoms. The summed E-state index contributed by atoms with van der Waals surface area (Å²) in [7, 11) is -1.20. The molecule has 0 spiro atoms. The number of hydrogen-bond acceptors (Lipinski definition) is 1. The minimum atomic E-state index is -1.20. The van der Waals surface area contributed by atoms with Crippen molar-refractivity contribution in [2.75, 3.05) is 0 Å². The minimum absolute atomic E-state index is 1.16. The van der Waals surface area contributed by atoms with E-state index in [1.807, 2.05) is 0 Å². The highest BCUT2D eigenvalue weighted by molar-refractivity contribution is 8.14. The van der Waals surface area contributed by atoms with Gasteiger partial charge in [-0.3, -0.25) is 0 Å². The van der Waals surface area contributed by atoms with Gasteiger partial charge in [0, 0.05) is 0 Å². The molecule has 0 unspecified atom stereocenters. The van der Waals surface area contributed by atoms with Crippen LogP contribution in [0.3, 0.4) is 0 Å². The van der Waals surface area contributed by atoms with Crippen molar-refractivity contribution in [2.24, 2.45) is 0 Å². The summed E-state index contributed by atoms with van der Waals surface area (Å²) in [5.41, 5.74) is 1.42. The summed E-state index contributed by atoms with van der Waals surface area (Å²) in [5, 5.41) is 0. The van der Waals surface area contributed by atoms with Crippen molar-refractivity contribution in [2.45, 2.75) is 19.1 Å². The van der Waals surface area contributed by atoms with Crippen LogP contribution in [0, 0.1) is 0 Å². The van der Waals surface area contributed by atoms with Gasteiger partial charge in [-0.15, -0.1) is 0 Å². The van der Waals surface area contributed by atoms with E-state index in [-0.39, 0.29) is 0 Å². The molecule has 60 valence electrons. The molecule has 0 nitrogen and oxygen atoms in total. The summed E-state index contributed by atoms with van der Waals surface area (Å²) in [5.74, 6) is 0. The Hall–Kier alpha value is -0.213. The maximum Gasteiger partial charge on any atom is 0.111 e. The van der Waals surface area contributed by atoms with E-state index < -0.39 is 7.22 Å². The van der Waals surface area contributed by atoms with Crippen LogP contribution in [0.15, 0.2) is 30.3 Å². The van der Waals surface area contributed by atoms with Gasteiger partial charge in [-0.05, 0) is 11.6 Å². The first-order chi connectivity index (χ1) is 5.08. The Balaban J connectivity index is 2.66. The number of rotatable bonds is 2. The fourth-order valence-electron chi connectivity index (χ4n) is 1.10. The average molecular weight is 182 g/mol. The molecule has 0 saturated heterocycles. The monoisotopic (exact) mass is 182 g/mol. The second-order valence-electron chi connectivity index (χ2n) is 3.47. The van der Waals surface area contributed by atoms with Crippen LogP contribution in [0.2, 0.25) is 13.1 Å². The number of thiol groups is 1. The third kappa shape index (κ3) is 3.63. The van der Waals surface area contributed by atoms with Crippen LogP contribution in [-0.4, -0.2) is 7.22 Å². The molecule has 0 amide bonds. The van der Waals surface area contributed by atoms with E-state index in [0.29, 0.717) is 0 Å². The molecule has 0 aliphatic rings. The van der Waals surface area contributed by atoms with Crippen LogP contribution < -0.4 is 0 Å². The van der Waals surface area contributed by atoms with Crippen molar-refractivity contribution < 1.29 is 0 Å². The Morgan fingerprint density at radius 3 is 2.18 bits per heavy atom. The van der Waals surface area contributed by atoms with Gasteiger partial charge in [0.1, 0.15) is 7.22 Å². The molecule has 0 radical (unpaired) electrons. The molecular formula is C9H14SSi. The third-order valence-electron chi connectivity index (χ3n) is 1.48. The number of benzene rings is 1. The van der Waals surface area contributed by atoms with E-state index in [1.165, 1.54) is 5.56 Å². The van der Waals surface area contributed by atoms with Gasteiger partial charge in [-0.2, -0.15) is 0 Å². The van der Waals surface area contributed by atoms with E-state index in [9.17, 15) is 0 Å². The fourth-order valence-corrected chi connectivity index (χ4v) is 2.88. The Kier molecular flexibility index (Phi) is 2.79. The topological polar surface area (TPSA) is 0 Å². The van der Waals surface area contributed by atoms with E-state index in [2.05, 4.69) is 55.5 Å². The largest absolute Gasteiger partial charge is 0.202 e. The van der Waals surface area contributed by atoms with E-state index in [1.54, 1.807) is 0 Å². The second-order valence-corrected chi connectivity index (χ2v) is 11.1. The molecule has 0 aromatic heterocycles. The smallest absolute Gasteiger partial charge is 0.111 e. The Bertz CT molecular complexity index is 213. The molecule has 0 fully saturated rings. The quantitative estimate of drug-likeness (QED) is 0.528. The normalized spacial score (nSPS) is 11.5. The van der Waals surface area contributed by atoms with Gasteiger partial charge in [0.15, 0.2) is 0 Å². The summed E-state index contributed by atoms with van der Waals surface area (Å²) in [4.78, 5) is 0. The van der Waals surface area contributed by atoms with E-state index in [0.717, 1.165) is 6.04 Å². The highest BCUT2D eigenvalue weighted by Crippen LogP contribution is 2.14. The maximum absolute atomic E-state index is 4.60. The van der Waals surface area contributed by atoms with Crippen molar-refractivity contribution in [3.8, 4) is 0 Å². The lowest BCUT2D eigenvalue weighted by molar-refractivity contribution is 1.35. The molecule has 0 heterocycles. The van der Waals surface area contributed by atoms with Crippen LogP contribution in [0.1, 0.15) is 5.56 Å². The first-order valence-electron chi connectivity index (χ1n) is 3.84. The van der Waals surface area contributed by atoms with E-state index >= 15 is 0 Å². The lowest BCUT2D eigenvalue weighted by Crippen LogP contribution is -2.20. The van der Waals surface area contributed by atoms with Crippen molar-refractivity contribution in [3.63, 3.8) is 0 Å². The number of hydrogen-bond donors (Lipinski definition) is 1. The molecule has 0 aliphatic heterocycles. The predicted octanol–water partition coefficient (Wildman–Crippen LogP) is 2.90. The zero-order valence-electron chi connectivity index (χ0n) is 7.04. The minimum Gasteiger partial charge on any atom is -0.202 e. The molecule has 1 aromatic carbocycles. The summed E-state index contributed by atoms with van der Waals surface area (Å²) in [6.07, 6.45) is 0. The highest BCUT2D eigenvalue weighted by Gasteiger charge is 2.14. The van der Waals surface area contributed by atoms with Gasteiger partial charge in [0.05, 0.1) is 0 Å². The van der Waals surface area contributed by atoms with Crippen LogP contribution in [0.4, 0.5) is 0 Å². The summed E-state index contributed by atoms with van der Waals surface area (Å²) < 4.78 is 0. The summed E-state index contributed by atoms with van der Waals surface area (Å²) in [6, 6.07) is 11.7. The van der Waals surface area contributed by atoms with Crippen molar-refractivity contribution in [1.82, 2.24) is 0 Å². The van der Waals surface area contributed by atoms with Gasteiger partial charge < -0.3 is 0 Å². The molecule has 0 atom stereocenters.